The molecule has 0 bridgehead atoms. The van der Waals surface area contributed by atoms with Crippen molar-refractivity contribution in [2.75, 3.05) is 11.9 Å². The molecule has 0 aliphatic heterocycles. The Bertz CT molecular complexity index is 558. The van der Waals surface area contributed by atoms with E-state index in [-0.39, 0.29) is 16.9 Å². The molecular weight excluding hydrogens is 334 g/mol. The summed E-state index contributed by atoms with van der Waals surface area (Å²) in [6, 6.07) is 6.99. The van der Waals surface area contributed by atoms with Crippen LogP contribution in [-0.2, 0) is 4.79 Å². The van der Waals surface area contributed by atoms with Crippen molar-refractivity contribution >= 4 is 34.8 Å². The topological polar surface area (TPSA) is 70.2 Å². The number of anilines is 1. The van der Waals surface area contributed by atoms with Crippen LogP contribution in [0.1, 0.15) is 69.2 Å². The molecule has 2 amide bonds. The van der Waals surface area contributed by atoms with Crippen LogP contribution in [-0.4, -0.2) is 23.5 Å². The van der Waals surface area contributed by atoms with Gasteiger partial charge < -0.3 is 16.0 Å². The maximum Gasteiger partial charge on any atom is 0.251 e. The highest BCUT2D eigenvalue weighted by molar-refractivity contribution is 7.80. The van der Waals surface area contributed by atoms with Crippen LogP contribution >= 0.6 is 12.2 Å². The highest BCUT2D eigenvalue weighted by Crippen LogP contribution is 2.10. The number of nitrogens with one attached hydrogen (secondary N) is 3. The second-order valence-electron chi connectivity index (χ2n) is 6.00. The third kappa shape index (κ3) is 9.19. The Morgan fingerprint density at radius 1 is 0.960 bits per heavy atom. The van der Waals surface area contributed by atoms with Gasteiger partial charge in [-0.15, -0.1) is 0 Å². The highest BCUT2D eigenvalue weighted by atomic mass is 32.1. The molecule has 0 heterocycles. The van der Waals surface area contributed by atoms with E-state index in [1.165, 1.54) is 19.3 Å². The summed E-state index contributed by atoms with van der Waals surface area (Å²) in [6.07, 6.45) is 6.93. The number of carbonyl (C=O) groups excluding carboxylic acids is 2. The van der Waals surface area contributed by atoms with Crippen molar-refractivity contribution in [3.05, 3.63) is 29.8 Å². The standard InChI is InChI=1S/C19H29N3O2S/c1-3-5-6-7-8-9-17(23)22-19(25)21-16-12-10-15(11-13-16)18(24)20-14-4-2/h10-13H,3-9,14H2,1-2H3,(H,20,24)(H2,21,22,23,25). The summed E-state index contributed by atoms with van der Waals surface area (Å²) in [5, 5.41) is 8.75. The van der Waals surface area contributed by atoms with Gasteiger partial charge in [0.2, 0.25) is 5.91 Å². The molecule has 0 spiro atoms. The van der Waals surface area contributed by atoms with Crippen LogP contribution in [0.15, 0.2) is 24.3 Å². The number of hydrogen-bond donors (Lipinski definition) is 3. The maximum absolute atomic E-state index is 11.8. The van der Waals surface area contributed by atoms with Crippen molar-refractivity contribution in [1.29, 1.82) is 0 Å². The lowest BCUT2D eigenvalue weighted by molar-refractivity contribution is -0.119. The van der Waals surface area contributed by atoms with E-state index in [9.17, 15) is 9.59 Å². The molecule has 138 valence electrons. The van der Waals surface area contributed by atoms with Crippen molar-refractivity contribution in [2.24, 2.45) is 0 Å². The average Bonchev–Trinajstić information content (AvgIpc) is 2.60. The summed E-state index contributed by atoms with van der Waals surface area (Å²) in [7, 11) is 0. The lowest BCUT2D eigenvalue weighted by Crippen LogP contribution is -2.33. The van der Waals surface area contributed by atoms with Crippen LogP contribution in [0.2, 0.25) is 0 Å². The normalized spacial score (nSPS) is 10.2. The second kappa shape index (κ2) is 12.4. The summed E-state index contributed by atoms with van der Waals surface area (Å²) < 4.78 is 0. The zero-order valence-corrected chi connectivity index (χ0v) is 16.0. The number of rotatable bonds is 10. The minimum atomic E-state index is -0.0904. The molecule has 0 radical (unpaired) electrons. The molecule has 0 aromatic heterocycles. The first-order valence-electron chi connectivity index (χ1n) is 9.06. The zero-order valence-electron chi connectivity index (χ0n) is 15.2. The fourth-order valence-electron chi connectivity index (χ4n) is 2.29. The van der Waals surface area contributed by atoms with Gasteiger partial charge in [-0.2, -0.15) is 0 Å². The molecule has 1 aromatic rings. The minimum Gasteiger partial charge on any atom is -0.352 e. The van der Waals surface area contributed by atoms with Crippen molar-refractivity contribution < 1.29 is 9.59 Å². The molecule has 0 atom stereocenters. The van der Waals surface area contributed by atoms with E-state index in [0.29, 0.717) is 18.5 Å². The molecule has 1 aromatic carbocycles. The first kappa shape index (κ1) is 21.1. The van der Waals surface area contributed by atoms with Gasteiger partial charge in [0.25, 0.3) is 5.91 Å². The van der Waals surface area contributed by atoms with E-state index < -0.39 is 0 Å². The SMILES string of the molecule is CCCCCCCC(=O)NC(=S)Nc1ccc(C(=O)NCCC)cc1. The minimum absolute atomic E-state index is 0.0652. The van der Waals surface area contributed by atoms with E-state index in [1.807, 2.05) is 6.92 Å². The van der Waals surface area contributed by atoms with Crippen molar-refractivity contribution in [3.8, 4) is 0 Å². The quantitative estimate of drug-likeness (QED) is 0.434. The molecule has 25 heavy (non-hydrogen) atoms. The van der Waals surface area contributed by atoms with Crippen LogP contribution < -0.4 is 16.0 Å². The molecule has 0 unspecified atom stereocenters. The summed E-state index contributed by atoms with van der Waals surface area (Å²) in [6.45, 7) is 4.84. The Morgan fingerprint density at radius 2 is 1.64 bits per heavy atom. The first-order chi connectivity index (χ1) is 12.1. The van der Waals surface area contributed by atoms with E-state index in [2.05, 4.69) is 22.9 Å². The fourth-order valence-corrected chi connectivity index (χ4v) is 2.52. The van der Waals surface area contributed by atoms with Gasteiger partial charge in [0.1, 0.15) is 0 Å². The molecule has 3 N–H and O–H groups in total. The van der Waals surface area contributed by atoms with Gasteiger partial charge >= 0.3 is 0 Å². The van der Waals surface area contributed by atoms with E-state index in [1.54, 1.807) is 24.3 Å². The molecule has 6 heteroatoms. The van der Waals surface area contributed by atoms with Gasteiger partial charge in [0.15, 0.2) is 5.11 Å². The van der Waals surface area contributed by atoms with Gasteiger partial charge in [-0.1, -0.05) is 39.5 Å². The zero-order chi connectivity index (χ0) is 18.5. The Balaban J connectivity index is 2.34. The van der Waals surface area contributed by atoms with Gasteiger partial charge in [-0.05, 0) is 49.3 Å². The number of unbranched alkanes of at least 4 members (excludes halogenated alkanes) is 4. The van der Waals surface area contributed by atoms with Gasteiger partial charge in [0.05, 0.1) is 0 Å². The molecule has 0 saturated carbocycles. The molecule has 0 aliphatic carbocycles. The van der Waals surface area contributed by atoms with Crippen LogP contribution in [0.4, 0.5) is 5.69 Å². The molecule has 0 fully saturated rings. The summed E-state index contributed by atoms with van der Waals surface area (Å²) >= 11 is 5.15. The number of hydrogen-bond acceptors (Lipinski definition) is 3. The number of carbonyl (C=O) groups is 2. The maximum atomic E-state index is 11.8. The predicted molar refractivity (Wildman–Crippen MR) is 107 cm³/mol. The smallest absolute Gasteiger partial charge is 0.251 e. The van der Waals surface area contributed by atoms with Gasteiger partial charge in [-0.25, -0.2) is 0 Å². The van der Waals surface area contributed by atoms with Crippen molar-refractivity contribution in [1.82, 2.24) is 10.6 Å². The van der Waals surface area contributed by atoms with Gasteiger partial charge in [-0.3, -0.25) is 9.59 Å². The van der Waals surface area contributed by atoms with E-state index in [4.69, 9.17) is 12.2 Å². The van der Waals surface area contributed by atoms with Crippen LogP contribution in [0, 0.1) is 0 Å². The molecular formula is C19H29N3O2S. The van der Waals surface area contributed by atoms with Crippen LogP contribution in [0.3, 0.4) is 0 Å². The summed E-state index contributed by atoms with van der Waals surface area (Å²) in [4.78, 5) is 23.7. The third-order valence-corrected chi connectivity index (χ3v) is 3.90. The van der Waals surface area contributed by atoms with E-state index >= 15 is 0 Å². The van der Waals surface area contributed by atoms with Crippen molar-refractivity contribution in [3.63, 3.8) is 0 Å². The number of benzene rings is 1. The van der Waals surface area contributed by atoms with Crippen LogP contribution in [0.25, 0.3) is 0 Å². The molecule has 0 saturated heterocycles. The second-order valence-corrected chi connectivity index (χ2v) is 6.41. The Kier molecular flexibility index (Phi) is 10.5. The summed E-state index contributed by atoms with van der Waals surface area (Å²) in [5.41, 5.74) is 1.33. The van der Waals surface area contributed by atoms with E-state index in [0.717, 1.165) is 24.9 Å². The fraction of sp³-hybridized carbons (Fsp3) is 0.526. The third-order valence-electron chi connectivity index (χ3n) is 3.70. The summed E-state index contributed by atoms with van der Waals surface area (Å²) in [5.74, 6) is -0.156. The lowest BCUT2D eigenvalue weighted by Gasteiger charge is -2.10. The Hall–Kier alpha value is -1.95. The van der Waals surface area contributed by atoms with Crippen molar-refractivity contribution in [2.45, 2.75) is 58.8 Å². The lowest BCUT2D eigenvalue weighted by atomic mass is 10.1. The first-order valence-corrected chi connectivity index (χ1v) is 9.46. The Morgan fingerprint density at radius 3 is 2.28 bits per heavy atom. The monoisotopic (exact) mass is 363 g/mol. The highest BCUT2D eigenvalue weighted by Gasteiger charge is 2.07. The molecule has 5 nitrogen and oxygen atoms in total. The number of amides is 2. The van der Waals surface area contributed by atoms with Crippen LogP contribution in [0.5, 0.6) is 0 Å². The van der Waals surface area contributed by atoms with Gasteiger partial charge in [0, 0.05) is 24.2 Å². The average molecular weight is 364 g/mol. The predicted octanol–water partition coefficient (Wildman–Crippen LogP) is 4.00. The Labute approximate surface area is 156 Å². The largest absolute Gasteiger partial charge is 0.352 e. The molecule has 0 aliphatic rings. The molecule has 1 rings (SSSR count). The number of thiocarbonyl (C=S) groups is 1.